The van der Waals surface area contributed by atoms with E-state index in [1.54, 1.807) is 0 Å². The minimum absolute atomic E-state index is 0.145. The Hall–Kier alpha value is -1.38. The van der Waals surface area contributed by atoms with E-state index in [9.17, 15) is 9.18 Å². The average Bonchev–Trinajstić information content (AvgIpc) is 2.95. The number of carboxylic acids is 1. The van der Waals surface area contributed by atoms with E-state index in [4.69, 9.17) is 5.11 Å². The van der Waals surface area contributed by atoms with Crippen LogP contribution < -0.4 is 0 Å². The summed E-state index contributed by atoms with van der Waals surface area (Å²) in [6, 6.07) is 7.59. The number of alkyl halides is 1. The van der Waals surface area contributed by atoms with Crippen molar-refractivity contribution < 1.29 is 14.3 Å². The molecular weight excluding hydrogens is 207 g/mol. The highest BCUT2D eigenvalue weighted by Crippen LogP contribution is 2.42. The average molecular weight is 222 g/mol. The number of aliphatic carboxylic acids is 1. The van der Waals surface area contributed by atoms with Crippen molar-refractivity contribution in [2.24, 2.45) is 0 Å². The summed E-state index contributed by atoms with van der Waals surface area (Å²) in [7, 11) is 0. The number of carboxylic acid groups (broad SMARTS) is 1. The second kappa shape index (κ2) is 4.24. The van der Waals surface area contributed by atoms with Crippen LogP contribution in [0.5, 0.6) is 0 Å². The molecular formula is C13H15FO2. The summed E-state index contributed by atoms with van der Waals surface area (Å²) in [4.78, 5) is 10.4. The van der Waals surface area contributed by atoms with Crippen LogP contribution >= 0.6 is 0 Å². The molecule has 1 aromatic rings. The van der Waals surface area contributed by atoms with E-state index in [0.29, 0.717) is 25.7 Å². The number of benzene rings is 1. The van der Waals surface area contributed by atoms with Crippen molar-refractivity contribution >= 4 is 5.97 Å². The molecule has 0 heterocycles. The first-order valence-corrected chi connectivity index (χ1v) is 5.56. The summed E-state index contributed by atoms with van der Waals surface area (Å²) < 4.78 is 13.5. The van der Waals surface area contributed by atoms with Crippen LogP contribution in [-0.2, 0) is 17.6 Å². The largest absolute Gasteiger partial charge is 0.481 e. The van der Waals surface area contributed by atoms with Gasteiger partial charge in [-0.1, -0.05) is 24.3 Å². The number of rotatable bonds is 5. The number of carbonyl (C=O) groups is 1. The number of aryl methyl sites for hydroxylation is 1. The first kappa shape index (κ1) is 11.1. The first-order chi connectivity index (χ1) is 7.57. The lowest BCUT2D eigenvalue weighted by molar-refractivity contribution is -0.136. The van der Waals surface area contributed by atoms with Gasteiger partial charge in [-0.25, -0.2) is 4.39 Å². The van der Waals surface area contributed by atoms with Crippen LogP contribution in [0.15, 0.2) is 24.3 Å². The molecule has 86 valence electrons. The van der Waals surface area contributed by atoms with Crippen molar-refractivity contribution in [2.45, 2.75) is 37.8 Å². The lowest BCUT2D eigenvalue weighted by Crippen LogP contribution is -2.04. The lowest BCUT2D eigenvalue weighted by atomic mass is 10.0. The Balaban J connectivity index is 1.91. The van der Waals surface area contributed by atoms with E-state index in [-0.39, 0.29) is 6.42 Å². The molecule has 1 N–H and O–H groups in total. The fourth-order valence-corrected chi connectivity index (χ4v) is 1.75. The van der Waals surface area contributed by atoms with Crippen molar-refractivity contribution in [3.05, 3.63) is 35.4 Å². The third-order valence-electron chi connectivity index (χ3n) is 2.96. The summed E-state index contributed by atoms with van der Waals surface area (Å²) >= 11 is 0. The molecule has 1 aliphatic rings. The van der Waals surface area contributed by atoms with Gasteiger partial charge < -0.3 is 5.11 Å². The Kier molecular flexibility index (Phi) is 2.95. The van der Waals surface area contributed by atoms with Crippen molar-refractivity contribution in [3.63, 3.8) is 0 Å². The molecule has 0 aromatic heterocycles. The Morgan fingerprint density at radius 1 is 1.25 bits per heavy atom. The van der Waals surface area contributed by atoms with E-state index in [0.717, 1.165) is 11.1 Å². The molecule has 16 heavy (non-hydrogen) atoms. The molecule has 2 nitrogen and oxygen atoms in total. The summed E-state index contributed by atoms with van der Waals surface area (Å²) in [5.74, 6) is -0.787. The third-order valence-corrected chi connectivity index (χ3v) is 2.96. The maximum absolute atomic E-state index is 13.5. The van der Waals surface area contributed by atoms with Gasteiger partial charge in [0.25, 0.3) is 0 Å². The highest BCUT2D eigenvalue weighted by atomic mass is 19.1. The van der Waals surface area contributed by atoms with Gasteiger partial charge in [-0.15, -0.1) is 0 Å². The maximum Gasteiger partial charge on any atom is 0.303 e. The minimum Gasteiger partial charge on any atom is -0.481 e. The predicted octanol–water partition coefficient (Wildman–Crippen LogP) is 2.75. The van der Waals surface area contributed by atoms with Gasteiger partial charge in [-0.05, 0) is 30.4 Å². The molecule has 0 aliphatic heterocycles. The van der Waals surface area contributed by atoms with E-state index >= 15 is 0 Å². The van der Waals surface area contributed by atoms with Crippen LogP contribution in [0.4, 0.5) is 4.39 Å². The van der Waals surface area contributed by atoms with Crippen LogP contribution in [0.1, 0.15) is 30.4 Å². The number of hydrogen-bond acceptors (Lipinski definition) is 1. The molecule has 1 saturated carbocycles. The predicted molar refractivity (Wildman–Crippen MR) is 59.2 cm³/mol. The normalized spacial score (nSPS) is 17.1. The molecule has 0 atom stereocenters. The molecule has 3 heteroatoms. The van der Waals surface area contributed by atoms with Gasteiger partial charge in [0, 0.05) is 12.8 Å². The Bertz CT molecular complexity index is 379. The summed E-state index contributed by atoms with van der Waals surface area (Å²) in [6.07, 6.45) is 2.52. The molecule has 1 aliphatic carbocycles. The maximum atomic E-state index is 13.5. The van der Waals surface area contributed by atoms with E-state index in [1.807, 2.05) is 24.3 Å². The molecule has 0 unspecified atom stereocenters. The first-order valence-electron chi connectivity index (χ1n) is 5.56. The zero-order valence-electron chi connectivity index (χ0n) is 9.08. The van der Waals surface area contributed by atoms with Crippen molar-refractivity contribution in [1.29, 1.82) is 0 Å². The summed E-state index contributed by atoms with van der Waals surface area (Å²) in [6.45, 7) is 0. The molecule has 0 saturated heterocycles. The Morgan fingerprint density at radius 3 is 2.31 bits per heavy atom. The van der Waals surface area contributed by atoms with Crippen LogP contribution in [0.3, 0.4) is 0 Å². The monoisotopic (exact) mass is 222 g/mol. The van der Waals surface area contributed by atoms with Gasteiger partial charge >= 0.3 is 5.97 Å². The minimum atomic E-state index is -0.956. The molecule has 1 aromatic carbocycles. The zero-order chi connectivity index (χ0) is 11.6. The van der Waals surface area contributed by atoms with Crippen LogP contribution in [0, 0.1) is 0 Å². The number of hydrogen-bond donors (Lipinski definition) is 1. The standard InChI is InChI=1S/C13H15FO2/c14-13(7-8-13)9-11-3-1-10(2-4-11)5-6-12(15)16/h1-4H,5-9H2,(H,15,16). The van der Waals surface area contributed by atoms with Crippen LogP contribution in [-0.4, -0.2) is 16.7 Å². The second-order valence-corrected chi connectivity index (χ2v) is 4.54. The van der Waals surface area contributed by atoms with Gasteiger partial charge in [-0.3, -0.25) is 4.79 Å². The smallest absolute Gasteiger partial charge is 0.303 e. The van der Waals surface area contributed by atoms with Gasteiger partial charge in [0.05, 0.1) is 0 Å². The SMILES string of the molecule is O=C(O)CCc1ccc(CC2(F)CC2)cc1. The Morgan fingerprint density at radius 2 is 1.81 bits per heavy atom. The summed E-state index contributed by atoms with van der Waals surface area (Å²) in [5, 5.41) is 8.54. The quantitative estimate of drug-likeness (QED) is 0.831. The van der Waals surface area contributed by atoms with Crippen molar-refractivity contribution in [3.8, 4) is 0 Å². The van der Waals surface area contributed by atoms with E-state index in [2.05, 4.69) is 0 Å². The van der Waals surface area contributed by atoms with Gasteiger partial charge in [-0.2, -0.15) is 0 Å². The molecule has 0 spiro atoms. The van der Waals surface area contributed by atoms with Gasteiger partial charge in [0.1, 0.15) is 5.67 Å². The molecule has 0 radical (unpaired) electrons. The topological polar surface area (TPSA) is 37.3 Å². The lowest BCUT2D eigenvalue weighted by Gasteiger charge is -2.06. The van der Waals surface area contributed by atoms with Gasteiger partial charge in [0.2, 0.25) is 0 Å². The zero-order valence-corrected chi connectivity index (χ0v) is 9.08. The molecule has 2 rings (SSSR count). The van der Waals surface area contributed by atoms with E-state index < -0.39 is 11.6 Å². The highest BCUT2D eigenvalue weighted by Gasteiger charge is 2.42. The van der Waals surface area contributed by atoms with Crippen LogP contribution in [0.2, 0.25) is 0 Å². The molecule has 0 amide bonds. The van der Waals surface area contributed by atoms with Crippen molar-refractivity contribution in [2.75, 3.05) is 0 Å². The Labute approximate surface area is 94.1 Å². The second-order valence-electron chi connectivity index (χ2n) is 4.54. The third kappa shape index (κ3) is 3.05. The number of halogens is 1. The molecule has 0 bridgehead atoms. The van der Waals surface area contributed by atoms with Crippen LogP contribution in [0.25, 0.3) is 0 Å². The fourth-order valence-electron chi connectivity index (χ4n) is 1.75. The van der Waals surface area contributed by atoms with Gasteiger partial charge in [0.15, 0.2) is 0 Å². The molecule has 1 fully saturated rings. The fraction of sp³-hybridized carbons (Fsp3) is 0.462. The highest BCUT2D eigenvalue weighted by molar-refractivity contribution is 5.67. The van der Waals surface area contributed by atoms with E-state index in [1.165, 1.54) is 0 Å². The summed E-state index contributed by atoms with van der Waals surface area (Å²) in [5.41, 5.74) is 1.04. The van der Waals surface area contributed by atoms with Crippen molar-refractivity contribution in [1.82, 2.24) is 0 Å².